The van der Waals surface area contributed by atoms with Gasteiger partial charge in [0, 0.05) is 12.3 Å². The second-order valence-corrected chi connectivity index (χ2v) is 7.46. The number of carbonyl (C=O) groups excluding carboxylic acids is 2. The number of anilines is 2. The molecule has 1 amide bonds. The zero-order valence-corrected chi connectivity index (χ0v) is 17.7. The summed E-state index contributed by atoms with van der Waals surface area (Å²) in [5, 5.41) is 1.95. The van der Waals surface area contributed by atoms with Crippen molar-refractivity contribution in [1.29, 1.82) is 0 Å². The highest BCUT2D eigenvalue weighted by atomic mass is 32.1. The first-order valence-corrected chi connectivity index (χ1v) is 10.1. The Morgan fingerprint density at radius 1 is 1.13 bits per heavy atom. The predicted octanol–water partition coefficient (Wildman–Crippen LogP) is 4.71. The van der Waals surface area contributed by atoms with E-state index in [-0.39, 0.29) is 24.8 Å². The highest BCUT2D eigenvalue weighted by molar-refractivity contribution is 7.14. The number of ether oxygens (including phenoxy) is 2. The molecule has 6 nitrogen and oxygen atoms in total. The molecule has 0 aliphatic rings. The molecule has 0 N–H and O–H groups in total. The van der Waals surface area contributed by atoms with Crippen LogP contribution in [0.3, 0.4) is 0 Å². The fraction of sp³-hybridized carbons (Fsp3) is 0.227. The van der Waals surface area contributed by atoms with E-state index in [1.807, 2.05) is 26.0 Å². The first-order chi connectivity index (χ1) is 14.3. The van der Waals surface area contributed by atoms with Crippen LogP contribution in [0.15, 0.2) is 47.8 Å². The topological polar surface area (TPSA) is 68.7 Å². The molecule has 0 unspecified atom stereocenters. The first kappa shape index (κ1) is 21.4. The number of benzene rings is 2. The van der Waals surface area contributed by atoms with E-state index in [0.29, 0.717) is 16.6 Å². The molecular weight excluding hydrogens is 407 g/mol. The number of halogens is 1. The van der Waals surface area contributed by atoms with Gasteiger partial charge in [0.2, 0.25) is 5.91 Å². The molecule has 0 atom stereocenters. The number of para-hydroxylation sites is 1. The third kappa shape index (κ3) is 5.21. The van der Waals surface area contributed by atoms with Crippen LogP contribution in [0.25, 0.3) is 0 Å². The number of hydrogen-bond donors (Lipinski definition) is 0. The predicted molar refractivity (Wildman–Crippen MR) is 113 cm³/mol. The van der Waals surface area contributed by atoms with Crippen LogP contribution in [0.4, 0.5) is 15.2 Å². The van der Waals surface area contributed by atoms with E-state index in [9.17, 15) is 14.0 Å². The minimum atomic E-state index is -0.541. The lowest BCUT2D eigenvalue weighted by Gasteiger charge is -2.18. The van der Waals surface area contributed by atoms with Gasteiger partial charge in [0.15, 0.2) is 11.7 Å². The van der Waals surface area contributed by atoms with E-state index in [1.54, 1.807) is 23.6 Å². The molecule has 2 aromatic carbocycles. The van der Waals surface area contributed by atoms with Gasteiger partial charge in [0.1, 0.15) is 18.2 Å². The summed E-state index contributed by atoms with van der Waals surface area (Å²) in [6, 6.07) is 11.5. The van der Waals surface area contributed by atoms with E-state index < -0.39 is 11.8 Å². The molecule has 0 aliphatic heterocycles. The van der Waals surface area contributed by atoms with Crippen molar-refractivity contribution in [2.45, 2.75) is 27.4 Å². The van der Waals surface area contributed by atoms with Gasteiger partial charge in [-0.05, 0) is 49.2 Å². The van der Waals surface area contributed by atoms with Gasteiger partial charge < -0.3 is 9.47 Å². The maximum absolute atomic E-state index is 14.1. The molecule has 156 valence electrons. The van der Waals surface area contributed by atoms with Gasteiger partial charge in [0.25, 0.3) is 0 Å². The van der Waals surface area contributed by atoms with Gasteiger partial charge in [0.05, 0.1) is 11.4 Å². The minimum Gasteiger partial charge on any atom is -0.482 e. The monoisotopic (exact) mass is 428 g/mol. The molecule has 0 fully saturated rings. The molecule has 0 bridgehead atoms. The van der Waals surface area contributed by atoms with Gasteiger partial charge in [-0.3, -0.25) is 9.69 Å². The van der Waals surface area contributed by atoms with Gasteiger partial charge >= 0.3 is 5.97 Å². The quantitative estimate of drug-likeness (QED) is 0.510. The lowest BCUT2D eigenvalue weighted by molar-refractivity contribution is -0.147. The molecule has 3 rings (SSSR count). The maximum Gasteiger partial charge on any atom is 0.344 e. The smallest absolute Gasteiger partial charge is 0.344 e. The summed E-state index contributed by atoms with van der Waals surface area (Å²) in [6.07, 6.45) is 0. The highest BCUT2D eigenvalue weighted by Crippen LogP contribution is 2.30. The number of amides is 1. The van der Waals surface area contributed by atoms with E-state index in [2.05, 4.69) is 4.98 Å². The summed E-state index contributed by atoms with van der Waals surface area (Å²) < 4.78 is 24.8. The van der Waals surface area contributed by atoms with E-state index in [4.69, 9.17) is 9.47 Å². The molecule has 3 aromatic rings. The average Bonchev–Trinajstić information content (AvgIpc) is 3.17. The van der Waals surface area contributed by atoms with Gasteiger partial charge in [-0.15, -0.1) is 11.3 Å². The number of rotatable bonds is 7. The van der Waals surface area contributed by atoms with E-state index in [0.717, 1.165) is 22.5 Å². The van der Waals surface area contributed by atoms with Crippen LogP contribution in [-0.4, -0.2) is 23.5 Å². The van der Waals surface area contributed by atoms with Crippen molar-refractivity contribution in [1.82, 2.24) is 4.98 Å². The number of esters is 1. The summed E-state index contributed by atoms with van der Waals surface area (Å²) in [5.74, 6) is -0.854. The Labute approximate surface area is 177 Å². The summed E-state index contributed by atoms with van der Waals surface area (Å²) >= 11 is 1.16. The zero-order chi connectivity index (χ0) is 21.7. The summed E-state index contributed by atoms with van der Waals surface area (Å²) in [5.41, 5.74) is 2.78. The zero-order valence-electron chi connectivity index (χ0n) is 16.8. The first-order valence-electron chi connectivity index (χ1n) is 9.20. The number of hydrogen-bond acceptors (Lipinski definition) is 6. The standard InChI is InChI=1S/C22H21FN2O4S/c1-14-8-9-18(10-15(14)2)28-12-21(27)29-11-17-13-30-22(24-17)25(16(3)26)20-7-5-4-6-19(20)23/h4-10,13H,11-12H2,1-3H3. The Balaban J connectivity index is 1.59. The number of nitrogens with zero attached hydrogens (tertiary/aromatic N) is 2. The normalized spacial score (nSPS) is 10.5. The van der Waals surface area contributed by atoms with Crippen LogP contribution >= 0.6 is 11.3 Å². The third-order valence-corrected chi connectivity index (χ3v) is 5.23. The summed E-state index contributed by atoms with van der Waals surface area (Å²) in [7, 11) is 0. The Hall–Kier alpha value is -3.26. The molecule has 1 heterocycles. The number of thiazole rings is 1. The van der Waals surface area contributed by atoms with Crippen molar-refractivity contribution in [2.24, 2.45) is 0 Å². The van der Waals surface area contributed by atoms with Crippen LogP contribution in [0, 0.1) is 19.7 Å². The maximum atomic E-state index is 14.1. The van der Waals surface area contributed by atoms with Gasteiger partial charge in [-0.2, -0.15) is 0 Å². The number of carbonyl (C=O) groups is 2. The molecular formula is C22H21FN2O4S. The number of aryl methyl sites for hydroxylation is 2. The molecule has 1 aromatic heterocycles. The van der Waals surface area contributed by atoms with Crippen molar-refractivity contribution in [3.05, 3.63) is 70.5 Å². The average molecular weight is 428 g/mol. The molecule has 30 heavy (non-hydrogen) atoms. The van der Waals surface area contributed by atoms with Crippen LogP contribution in [0.2, 0.25) is 0 Å². The van der Waals surface area contributed by atoms with Crippen molar-refractivity contribution in [2.75, 3.05) is 11.5 Å². The van der Waals surface area contributed by atoms with Crippen LogP contribution in [0.5, 0.6) is 5.75 Å². The van der Waals surface area contributed by atoms with Crippen LogP contribution in [-0.2, 0) is 20.9 Å². The lowest BCUT2D eigenvalue weighted by atomic mass is 10.1. The van der Waals surface area contributed by atoms with Crippen molar-refractivity contribution in [3.8, 4) is 5.75 Å². The lowest BCUT2D eigenvalue weighted by Crippen LogP contribution is -2.23. The fourth-order valence-electron chi connectivity index (χ4n) is 2.65. The highest BCUT2D eigenvalue weighted by Gasteiger charge is 2.21. The van der Waals surface area contributed by atoms with Crippen molar-refractivity contribution in [3.63, 3.8) is 0 Å². The Bertz CT molecular complexity index is 1070. The summed E-state index contributed by atoms with van der Waals surface area (Å²) in [4.78, 5) is 29.5. The Kier molecular flexibility index (Phi) is 6.79. The Morgan fingerprint density at radius 2 is 1.90 bits per heavy atom. The third-order valence-electron chi connectivity index (χ3n) is 4.36. The molecule has 0 saturated carbocycles. The van der Waals surface area contributed by atoms with E-state index >= 15 is 0 Å². The van der Waals surface area contributed by atoms with E-state index in [1.165, 1.54) is 24.0 Å². The van der Waals surface area contributed by atoms with Gasteiger partial charge in [-0.1, -0.05) is 18.2 Å². The largest absolute Gasteiger partial charge is 0.482 e. The fourth-order valence-corrected chi connectivity index (χ4v) is 3.51. The molecule has 0 aliphatic carbocycles. The molecule has 0 radical (unpaired) electrons. The van der Waals surface area contributed by atoms with Crippen LogP contribution < -0.4 is 9.64 Å². The molecule has 0 spiro atoms. The second-order valence-electron chi connectivity index (χ2n) is 6.62. The van der Waals surface area contributed by atoms with Crippen molar-refractivity contribution < 1.29 is 23.5 Å². The summed E-state index contributed by atoms with van der Waals surface area (Å²) in [6.45, 7) is 4.99. The molecule has 8 heteroatoms. The Morgan fingerprint density at radius 3 is 2.60 bits per heavy atom. The second kappa shape index (κ2) is 9.49. The molecule has 0 saturated heterocycles. The SMILES string of the molecule is CC(=O)N(c1nc(COC(=O)COc2ccc(C)c(C)c2)cs1)c1ccccc1F. The minimum absolute atomic E-state index is 0.0748. The van der Waals surface area contributed by atoms with Gasteiger partial charge in [-0.25, -0.2) is 14.2 Å². The van der Waals surface area contributed by atoms with Crippen LogP contribution in [0.1, 0.15) is 23.7 Å². The van der Waals surface area contributed by atoms with Crippen molar-refractivity contribution >= 4 is 34.0 Å². The number of aromatic nitrogens is 1.